The molecule has 1 aliphatic rings. The van der Waals surface area contributed by atoms with Crippen LogP contribution in [0.2, 0.25) is 0 Å². The van der Waals surface area contributed by atoms with E-state index in [9.17, 15) is 4.79 Å². The highest BCUT2D eigenvalue weighted by molar-refractivity contribution is 5.95. The van der Waals surface area contributed by atoms with Gasteiger partial charge in [0.2, 0.25) is 0 Å². The molecule has 26 heavy (non-hydrogen) atoms. The number of hydrogen-bond donors (Lipinski definition) is 1. The van der Waals surface area contributed by atoms with Crippen LogP contribution in [-0.2, 0) is 11.2 Å². The fourth-order valence-corrected chi connectivity index (χ4v) is 2.80. The molecule has 0 saturated carbocycles. The molecule has 3 aromatic rings. The minimum atomic E-state index is -0.504. The number of hydrogen-bond acceptors (Lipinski definition) is 3. The topological polar surface area (TPSA) is 51.2 Å². The standard InChI is InChI=1S/C22H16N2O2/c25-22(21-15-17-7-1-2-10-20(17)26-21)24-19-9-5-6-16(14-19)11-12-18-8-3-4-13-23-18/h1-10,13-14,21H,15H2,(H,24,25)/t21-/m0/s1. The van der Waals surface area contributed by atoms with Crippen molar-refractivity contribution in [2.24, 2.45) is 0 Å². The third-order valence-corrected chi connectivity index (χ3v) is 4.07. The fraction of sp³-hybridized carbons (Fsp3) is 0.0909. The number of nitrogens with zero attached hydrogens (tertiary/aromatic N) is 1. The highest BCUT2D eigenvalue weighted by atomic mass is 16.5. The van der Waals surface area contributed by atoms with Crippen molar-refractivity contribution in [3.8, 4) is 17.6 Å². The second-order valence-electron chi connectivity index (χ2n) is 5.95. The molecule has 1 aromatic heterocycles. The van der Waals surface area contributed by atoms with Crippen LogP contribution in [0, 0.1) is 11.8 Å². The summed E-state index contributed by atoms with van der Waals surface area (Å²) in [5, 5.41) is 2.91. The van der Waals surface area contributed by atoms with E-state index in [1.54, 1.807) is 6.20 Å². The average molecular weight is 340 g/mol. The van der Waals surface area contributed by atoms with Crippen LogP contribution in [0.3, 0.4) is 0 Å². The minimum Gasteiger partial charge on any atom is -0.480 e. The Balaban J connectivity index is 1.45. The molecule has 126 valence electrons. The quantitative estimate of drug-likeness (QED) is 0.727. The zero-order chi connectivity index (χ0) is 17.8. The van der Waals surface area contributed by atoms with Crippen LogP contribution >= 0.6 is 0 Å². The van der Waals surface area contributed by atoms with Gasteiger partial charge >= 0.3 is 0 Å². The third-order valence-electron chi connectivity index (χ3n) is 4.07. The minimum absolute atomic E-state index is 0.156. The summed E-state index contributed by atoms with van der Waals surface area (Å²) in [6, 6.07) is 20.8. The van der Waals surface area contributed by atoms with Crippen molar-refractivity contribution in [1.82, 2.24) is 4.98 Å². The summed E-state index contributed by atoms with van der Waals surface area (Å²) >= 11 is 0. The number of ether oxygens (including phenoxy) is 1. The number of amides is 1. The van der Waals surface area contributed by atoms with Crippen LogP contribution < -0.4 is 10.1 Å². The van der Waals surface area contributed by atoms with E-state index in [-0.39, 0.29) is 5.91 Å². The Morgan fingerprint density at radius 2 is 1.92 bits per heavy atom. The van der Waals surface area contributed by atoms with E-state index >= 15 is 0 Å². The van der Waals surface area contributed by atoms with Gasteiger partial charge in [-0.3, -0.25) is 4.79 Å². The number of carbonyl (C=O) groups is 1. The van der Waals surface area contributed by atoms with Crippen molar-refractivity contribution in [3.63, 3.8) is 0 Å². The molecule has 4 nitrogen and oxygen atoms in total. The average Bonchev–Trinajstić information content (AvgIpc) is 3.12. The molecule has 4 heteroatoms. The lowest BCUT2D eigenvalue weighted by molar-refractivity contribution is -0.122. The molecule has 0 saturated heterocycles. The van der Waals surface area contributed by atoms with Gasteiger partial charge in [-0.15, -0.1) is 0 Å². The lowest BCUT2D eigenvalue weighted by Crippen LogP contribution is -2.31. The lowest BCUT2D eigenvalue weighted by atomic mass is 10.1. The van der Waals surface area contributed by atoms with Crippen LogP contribution in [0.4, 0.5) is 5.69 Å². The van der Waals surface area contributed by atoms with E-state index < -0.39 is 6.10 Å². The fourth-order valence-electron chi connectivity index (χ4n) is 2.80. The second kappa shape index (κ2) is 7.12. The largest absolute Gasteiger partial charge is 0.480 e. The Hall–Kier alpha value is -3.58. The van der Waals surface area contributed by atoms with Gasteiger partial charge in [0, 0.05) is 23.9 Å². The van der Waals surface area contributed by atoms with Gasteiger partial charge in [-0.25, -0.2) is 4.98 Å². The smallest absolute Gasteiger partial charge is 0.265 e. The number of nitrogens with one attached hydrogen (secondary N) is 1. The van der Waals surface area contributed by atoms with Gasteiger partial charge in [-0.1, -0.05) is 36.3 Å². The summed E-state index contributed by atoms with van der Waals surface area (Å²) in [5.74, 6) is 6.70. The number of pyridine rings is 1. The molecule has 1 atom stereocenters. The maximum Gasteiger partial charge on any atom is 0.265 e. The molecule has 2 aromatic carbocycles. The summed E-state index contributed by atoms with van der Waals surface area (Å²) in [5.41, 5.74) is 3.27. The Bertz CT molecular complexity index is 978. The predicted octanol–water partition coefficient (Wildman–Crippen LogP) is 3.42. The van der Waals surface area contributed by atoms with Gasteiger partial charge in [-0.2, -0.15) is 0 Å². The molecule has 0 bridgehead atoms. The SMILES string of the molecule is O=C(Nc1cccc(C#Cc2ccccn2)c1)[C@@H]1Cc2ccccc2O1. The molecule has 0 spiro atoms. The Morgan fingerprint density at radius 3 is 2.77 bits per heavy atom. The van der Waals surface area contributed by atoms with Gasteiger partial charge in [-0.05, 0) is 47.9 Å². The summed E-state index contributed by atoms with van der Waals surface area (Å²) < 4.78 is 5.73. The first-order valence-electron chi connectivity index (χ1n) is 8.36. The van der Waals surface area contributed by atoms with Crippen LogP contribution in [0.1, 0.15) is 16.8 Å². The molecular weight excluding hydrogens is 324 g/mol. The monoisotopic (exact) mass is 340 g/mol. The Kier molecular flexibility index (Phi) is 4.36. The molecule has 0 unspecified atom stereocenters. The van der Waals surface area contributed by atoms with Crippen molar-refractivity contribution < 1.29 is 9.53 Å². The third kappa shape index (κ3) is 3.57. The molecule has 2 heterocycles. The Labute approximate surface area is 151 Å². The maximum atomic E-state index is 12.5. The number of fused-ring (bicyclic) bond motifs is 1. The molecule has 4 rings (SSSR count). The predicted molar refractivity (Wildman–Crippen MR) is 99.9 cm³/mol. The number of rotatable bonds is 2. The Morgan fingerprint density at radius 1 is 1.04 bits per heavy atom. The van der Waals surface area contributed by atoms with Crippen LogP contribution in [0.5, 0.6) is 5.75 Å². The van der Waals surface area contributed by atoms with E-state index in [0.29, 0.717) is 17.8 Å². The van der Waals surface area contributed by atoms with E-state index in [0.717, 1.165) is 16.9 Å². The van der Waals surface area contributed by atoms with Gasteiger partial charge in [0.25, 0.3) is 5.91 Å². The maximum absolute atomic E-state index is 12.5. The lowest BCUT2D eigenvalue weighted by Gasteiger charge is -2.11. The normalized spacial score (nSPS) is 14.5. The number of aromatic nitrogens is 1. The van der Waals surface area contributed by atoms with Crippen molar-refractivity contribution in [2.75, 3.05) is 5.32 Å². The van der Waals surface area contributed by atoms with Gasteiger partial charge < -0.3 is 10.1 Å². The molecular formula is C22H16N2O2. The molecule has 0 radical (unpaired) electrons. The van der Waals surface area contributed by atoms with Crippen LogP contribution in [-0.4, -0.2) is 17.0 Å². The molecule has 1 aliphatic heterocycles. The van der Waals surface area contributed by atoms with Crippen molar-refractivity contribution in [1.29, 1.82) is 0 Å². The number of benzene rings is 2. The zero-order valence-corrected chi connectivity index (χ0v) is 14.0. The molecule has 1 N–H and O–H groups in total. The first-order valence-corrected chi connectivity index (χ1v) is 8.36. The van der Waals surface area contributed by atoms with Crippen molar-refractivity contribution in [3.05, 3.63) is 89.7 Å². The highest BCUT2D eigenvalue weighted by Gasteiger charge is 2.28. The van der Waals surface area contributed by atoms with Crippen LogP contribution in [0.15, 0.2) is 72.9 Å². The van der Waals surface area contributed by atoms with Gasteiger partial charge in [0.1, 0.15) is 11.4 Å². The summed E-state index contributed by atoms with van der Waals surface area (Å²) in [6.45, 7) is 0. The molecule has 0 aliphatic carbocycles. The summed E-state index contributed by atoms with van der Waals surface area (Å²) in [6.07, 6.45) is 1.79. The molecule has 1 amide bonds. The number of anilines is 1. The van der Waals surface area contributed by atoms with Crippen LogP contribution in [0.25, 0.3) is 0 Å². The summed E-state index contributed by atoms with van der Waals surface area (Å²) in [7, 11) is 0. The number of carbonyl (C=O) groups excluding carboxylic acids is 1. The summed E-state index contributed by atoms with van der Waals surface area (Å²) in [4.78, 5) is 16.7. The van der Waals surface area contributed by atoms with Gasteiger partial charge in [0.05, 0.1) is 0 Å². The van der Waals surface area contributed by atoms with E-state index in [2.05, 4.69) is 22.1 Å². The van der Waals surface area contributed by atoms with E-state index in [1.165, 1.54) is 0 Å². The highest BCUT2D eigenvalue weighted by Crippen LogP contribution is 2.28. The number of para-hydroxylation sites is 1. The zero-order valence-electron chi connectivity index (χ0n) is 14.0. The first-order chi connectivity index (χ1) is 12.8. The molecule has 0 fully saturated rings. The first kappa shape index (κ1) is 15.9. The van der Waals surface area contributed by atoms with Crippen molar-refractivity contribution in [2.45, 2.75) is 12.5 Å². The van der Waals surface area contributed by atoms with E-state index in [1.807, 2.05) is 66.7 Å². The van der Waals surface area contributed by atoms with Gasteiger partial charge in [0.15, 0.2) is 6.10 Å². The second-order valence-corrected chi connectivity index (χ2v) is 5.95. The van der Waals surface area contributed by atoms with Crippen molar-refractivity contribution >= 4 is 11.6 Å². The van der Waals surface area contributed by atoms with E-state index in [4.69, 9.17) is 4.74 Å².